The van der Waals surface area contributed by atoms with Crippen LogP contribution in [0.2, 0.25) is 0 Å². The van der Waals surface area contributed by atoms with Gasteiger partial charge in [-0.05, 0) is 45.6 Å². The van der Waals surface area contributed by atoms with Crippen molar-refractivity contribution < 1.29 is 34.6 Å². The van der Waals surface area contributed by atoms with E-state index in [0.29, 0.717) is 0 Å². The van der Waals surface area contributed by atoms with Gasteiger partial charge in [0.2, 0.25) is 5.95 Å². The van der Waals surface area contributed by atoms with Crippen LogP contribution < -0.4 is 16.5 Å². The van der Waals surface area contributed by atoms with E-state index in [0.717, 1.165) is 0 Å². The molecule has 7 nitrogen and oxygen atoms in total. The number of H-pyrrole nitrogens is 1. The highest BCUT2D eigenvalue weighted by atomic mass is 16.3. The Hall–Kier alpha value is -1.89. The number of aromatic amines is 1. The minimum absolute atomic E-state index is 0.930. The van der Waals surface area contributed by atoms with Gasteiger partial charge in [-0.15, -0.1) is 0 Å². The first-order valence-corrected chi connectivity index (χ1v) is 6.31. The molecule has 0 radical (unpaired) electrons. The number of rotatable bonds is 3. The predicted octanol–water partition coefficient (Wildman–Crippen LogP) is 1.17. The van der Waals surface area contributed by atoms with Crippen molar-refractivity contribution in [2.24, 2.45) is 16.6 Å². The van der Waals surface area contributed by atoms with Gasteiger partial charge in [0.15, 0.2) is 0 Å². The fourth-order valence-electron chi connectivity index (χ4n) is 1.74. The van der Waals surface area contributed by atoms with Crippen LogP contribution in [0, 0.1) is 5.92 Å². The summed E-state index contributed by atoms with van der Waals surface area (Å²) in [5.41, 5.74) is -0.347. The molecule has 0 aromatic carbocycles. The molecule has 1 aliphatic rings. The summed E-state index contributed by atoms with van der Waals surface area (Å²) in [6.07, 6.45) is -12.2. The smallest absolute Gasteiger partial charge is 0.254 e. The summed E-state index contributed by atoms with van der Waals surface area (Å²) in [5, 5.41) is 12.4. The lowest BCUT2D eigenvalue weighted by Crippen LogP contribution is -2.34. The van der Waals surface area contributed by atoms with Crippen LogP contribution in [0.25, 0.3) is 0 Å². The van der Waals surface area contributed by atoms with Crippen molar-refractivity contribution in [3.63, 3.8) is 0 Å². The van der Waals surface area contributed by atoms with Gasteiger partial charge in [0.1, 0.15) is 5.49 Å². The molecule has 1 amide bonds. The van der Waals surface area contributed by atoms with E-state index in [2.05, 4.69) is 15.0 Å². The highest BCUT2D eigenvalue weighted by Gasteiger charge is 2.26. The standard InChI is InChI=1S/C16H27N5O2/c1-9-5-6-10(7-12(9)22)19-14-11(13(17)23)8-18-15(20-14)21-16(2,3)4/h8-10,12,22H,5-7H2,1-4H3,(H2,17,23)(H2,18,19,20,21)/i1D3,2D3,3D3,4D3,5D2,7D2,8D,12D. The van der Waals surface area contributed by atoms with E-state index in [1.54, 1.807) is 5.32 Å². The number of aliphatic hydroxyl groups is 1. The van der Waals surface area contributed by atoms with Crippen molar-refractivity contribution in [2.45, 2.75) is 64.2 Å². The second-order valence-electron chi connectivity index (χ2n) is 4.68. The zero-order valence-corrected chi connectivity index (χ0v) is 11.7. The maximum Gasteiger partial charge on any atom is 0.254 e. The summed E-state index contributed by atoms with van der Waals surface area (Å²) in [6.45, 7) is -14.7. The number of aromatic nitrogens is 2. The van der Waals surface area contributed by atoms with Crippen LogP contribution in [0.1, 0.15) is 81.6 Å². The number of primary amides is 1. The summed E-state index contributed by atoms with van der Waals surface area (Å²) in [7, 11) is 0. The monoisotopic (exact) mass is 339 g/mol. The summed E-state index contributed by atoms with van der Waals surface area (Å²) >= 11 is 0. The molecular weight excluding hydrogens is 294 g/mol. The van der Waals surface area contributed by atoms with Gasteiger partial charge in [-0.3, -0.25) is 9.79 Å². The molecule has 1 aromatic heterocycles. The number of nitrogens with one attached hydrogen (secondary N) is 2. The number of hydrogen-bond donors (Lipinski definition) is 4. The fraction of sp³-hybridized carbons (Fsp3) is 0.688. The van der Waals surface area contributed by atoms with Crippen molar-refractivity contribution in [3.05, 3.63) is 17.2 Å². The molecule has 1 fully saturated rings. The van der Waals surface area contributed by atoms with Crippen molar-refractivity contribution in [2.75, 3.05) is 5.32 Å². The van der Waals surface area contributed by atoms with E-state index < -0.39 is 99.2 Å². The Bertz CT molecular complexity index is 1210. The molecule has 1 aromatic rings. The molecule has 3 unspecified atom stereocenters. The molecule has 5 N–H and O–H groups in total. The maximum atomic E-state index is 12.1. The van der Waals surface area contributed by atoms with Gasteiger partial charge in [-0.1, -0.05) is 6.85 Å². The van der Waals surface area contributed by atoms with Crippen LogP contribution in [-0.2, 0) is 0 Å². The van der Waals surface area contributed by atoms with Crippen LogP contribution >= 0.6 is 0 Å². The van der Waals surface area contributed by atoms with E-state index in [4.69, 9.17) is 30.4 Å². The number of carbonyl (C=O) groups excluding carboxylic acids is 1. The molecule has 0 saturated heterocycles. The Morgan fingerprint density at radius 3 is 3.17 bits per heavy atom. The summed E-state index contributed by atoms with van der Waals surface area (Å²) in [6, 6.07) is -2.17. The lowest BCUT2D eigenvalue weighted by molar-refractivity contribution is 0.0704. The third kappa shape index (κ3) is 4.79. The van der Waals surface area contributed by atoms with Crippen LogP contribution in [-0.4, -0.2) is 38.6 Å². The average Bonchev–Trinajstić information content (AvgIpc) is 2.65. The Kier molecular flexibility index (Phi) is 1.55. The van der Waals surface area contributed by atoms with Gasteiger partial charge >= 0.3 is 0 Å². The summed E-state index contributed by atoms with van der Waals surface area (Å²) in [5.74, 6) is -5.08. The fourth-order valence-corrected chi connectivity index (χ4v) is 1.74. The molecule has 1 aliphatic carbocycles. The lowest BCUT2D eigenvalue weighted by atomic mass is 9.85. The zero-order chi connectivity index (χ0) is 32.6. The minimum Gasteiger partial charge on any atom is -0.393 e. The van der Waals surface area contributed by atoms with Crippen molar-refractivity contribution in [3.8, 4) is 0 Å². The van der Waals surface area contributed by atoms with Gasteiger partial charge in [0, 0.05) is 33.6 Å². The van der Waals surface area contributed by atoms with E-state index in [1.807, 2.05) is 0 Å². The topological polar surface area (TPSA) is 116 Å². The maximum absolute atomic E-state index is 12.1. The molecule has 0 spiro atoms. The Labute approximate surface area is 161 Å². The number of nitrogens with zero attached hydrogens (tertiary/aromatic N) is 2. The summed E-state index contributed by atoms with van der Waals surface area (Å²) in [4.78, 5) is 21.5. The first kappa shape index (κ1) is 5.31. The van der Waals surface area contributed by atoms with Gasteiger partial charge in [0.25, 0.3) is 5.91 Å². The molecular formula is C16H27N5O2. The van der Waals surface area contributed by atoms with Crippen LogP contribution in [0.5, 0.6) is 0 Å². The highest BCUT2D eigenvalue weighted by Crippen LogP contribution is 2.25. The average molecular weight is 340 g/mol. The van der Waals surface area contributed by atoms with Crippen molar-refractivity contribution in [1.29, 1.82) is 0 Å². The number of anilines is 1. The molecule has 0 aliphatic heterocycles. The van der Waals surface area contributed by atoms with Crippen molar-refractivity contribution in [1.82, 2.24) is 9.97 Å². The van der Waals surface area contributed by atoms with Crippen LogP contribution in [0.4, 0.5) is 5.95 Å². The molecule has 23 heavy (non-hydrogen) atoms. The van der Waals surface area contributed by atoms with Gasteiger partial charge in [0.05, 0.1) is 20.4 Å². The van der Waals surface area contributed by atoms with Crippen LogP contribution in [0.15, 0.2) is 11.2 Å². The Balaban J connectivity index is 2.92. The predicted molar refractivity (Wildman–Crippen MR) is 88.9 cm³/mol. The number of hydrogen-bond acceptors (Lipinski definition) is 5. The highest BCUT2D eigenvalue weighted by molar-refractivity contribution is 5.92. The van der Waals surface area contributed by atoms with Crippen LogP contribution in [0.3, 0.4) is 0 Å². The molecule has 7 heteroatoms. The van der Waals surface area contributed by atoms with E-state index >= 15 is 0 Å². The number of nitrogens with two attached hydrogens (primary N) is 1. The summed E-state index contributed by atoms with van der Waals surface area (Å²) < 4.78 is 141. The third-order valence-electron chi connectivity index (χ3n) is 2.69. The largest absolute Gasteiger partial charge is 0.393 e. The lowest BCUT2D eigenvalue weighted by Gasteiger charge is -2.28. The van der Waals surface area contributed by atoms with Crippen molar-refractivity contribution >= 4 is 11.9 Å². The first-order chi connectivity index (χ1) is 17.9. The molecule has 0 bridgehead atoms. The zero-order valence-electron chi connectivity index (χ0n) is 29.7. The number of amides is 1. The molecule has 1 saturated carbocycles. The third-order valence-corrected chi connectivity index (χ3v) is 2.69. The second-order valence-corrected chi connectivity index (χ2v) is 4.68. The SMILES string of the molecule is [2H]c1nc(NC(C([2H])([2H])[2H])(C([2H])([2H])[2H])C([2H])([2H])[2H])[nH]c(=NC2CC([2H])([2H])C(C([2H])([2H])[2H])C([2H])(O)C2([2H])[2H])c1C(N)=O. The normalized spacial score (nSPS) is 47.4. The van der Waals surface area contributed by atoms with Gasteiger partial charge in [-0.25, -0.2) is 4.98 Å². The molecule has 3 atom stereocenters. The second kappa shape index (κ2) is 6.70. The van der Waals surface area contributed by atoms with E-state index in [1.165, 1.54) is 0 Å². The van der Waals surface area contributed by atoms with Gasteiger partial charge < -0.3 is 21.1 Å². The molecule has 2 rings (SSSR count). The Morgan fingerprint density at radius 2 is 2.52 bits per heavy atom. The first-order valence-electron chi connectivity index (χ1n) is 15.3. The number of carbonyl (C=O) groups is 1. The molecule has 1 heterocycles. The van der Waals surface area contributed by atoms with E-state index in [-0.39, 0.29) is 0 Å². The Morgan fingerprint density at radius 1 is 1.74 bits per heavy atom. The van der Waals surface area contributed by atoms with E-state index in [9.17, 15) is 9.90 Å². The quantitative estimate of drug-likeness (QED) is 0.661. The minimum atomic E-state index is -3.79. The van der Waals surface area contributed by atoms with Gasteiger partial charge in [-0.2, -0.15) is 0 Å². The molecule has 128 valence electrons.